The third-order valence-electron chi connectivity index (χ3n) is 4.56. The van der Waals surface area contributed by atoms with E-state index in [1.165, 1.54) is 11.1 Å². The fourth-order valence-electron chi connectivity index (χ4n) is 2.66. The molecule has 154 valence electrons. The summed E-state index contributed by atoms with van der Waals surface area (Å²) in [6, 6.07) is 8.47. The van der Waals surface area contributed by atoms with Gasteiger partial charge in [0.05, 0.1) is 18.3 Å². The Balaban J connectivity index is 0.00000364. The van der Waals surface area contributed by atoms with Gasteiger partial charge in [0.15, 0.2) is 5.96 Å². The minimum absolute atomic E-state index is 0. The SMILES string of the molecule is CN=C(NCc1cccc(COC2CCOCC2)c1)NCC(C)(C)OC.I. The van der Waals surface area contributed by atoms with Crippen LogP contribution in [0.15, 0.2) is 29.3 Å². The molecule has 0 unspecified atom stereocenters. The molecule has 2 rings (SSSR count). The maximum absolute atomic E-state index is 6.01. The van der Waals surface area contributed by atoms with Gasteiger partial charge < -0.3 is 24.8 Å². The average Bonchev–Trinajstić information content (AvgIpc) is 2.67. The molecule has 0 radical (unpaired) electrons. The van der Waals surface area contributed by atoms with Crippen molar-refractivity contribution in [2.45, 2.75) is 51.5 Å². The zero-order valence-corrected chi connectivity index (χ0v) is 19.2. The number of ether oxygens (including phenoxy) is 3. The van der Waals surface area contributed by atoms with E-state index in [4.69, 9.17) is 14.2 Å². The minimum Gasteiger partial charge on any atom is -0.381 e. The predicted molar refractivity (Wildman–Crippen MR) is 120 cm³/mol. The molecule has 1 saturated heterocycles. The van der Waals surface area contributed by atoms with Crippen LogP contribution in [0.3, 0.4) is 0 Å². The molecule has 1 aromatic rings. The summed E-state index contributed by atoms with van der Waals surface area (Å²) >= 11 is 0. The standard InChI is InChI=1S/C20H33N3O3.HI/c1-20(2,24-4)15-23-19(21-3)22-13-16-6-5-7-17(12-16)14-26-18-8-10-25-11-9-18;/h5-7,12,18H,8-11,13-15H2,1-4H3,(H2,21,22,23);1H. The van der Waals surface area contributed by atoms with Gasteiger partial charge >= 0.3 is 0 Å². The van der Waals surface area contributed by atoms with E-state index in [-0.39, 0.29) is 29.6 Å². The van der Waals surface area contributed by atoms with Crippen LogP contribution in [-0.4, -0.2) is 51.6 Å². The van der Waals surface area contributed by atoms with E-state index in [0.717, 1.165) is 32.0 Å². The highest BCUT2D eigenvalue weighted by Crippen LogP contribution is 2.14. The summed E-state index contributed by atoms with van der Waals surface area (Å²) in [6.07, 6.45) is 2.29. The second-order valence-corrected chi connectivity index (χ2v) is 7.19. The molecule has 0 saturated carbocycles. The zero-order chi connectivity index (χ0) is 18.8. The summed E-state index contributed by atoms with van der Waals surface area (Å²) in [5.74, 6) is 0.763. The highest BCUT2D eigenvalue weighted by atomic mass is 127. The van der Waals surface area contributed by atoms with Crippen LogP contribution < -0.4 is 10.6 Å². The van der Waals surface area contributed by atoms with E-state index in [0.29, 0.717) is 25.8 Å². The van der Waals surface area contributed by atoms with E-state index in [1.54, 1.807) is 14.2 Å². The highest BCUT2D eigenvalue weighted by Gasteiger charge is 2.16. The lowest BCUT2D eigenvalue weighted by molar-refractivity contribution is -0.0390. The molecule has 7 heteroatoms. The first kappa shape index (κ1) is 24.1. The van der Waals surface area contributed by atoms with E-state index in [2.05, 4.69) is 39.9 Å². The topological polar surface area (TPSA) is 64.1 Å². The quantitative estimate of drug-likeness (QED) is 0.333. The molecule has 1 heterocycles. The number of methoxy groups -OCH3 is 1. The monoisotopic (exact) mass is 491 g/mol. The van der Waals surface area contributed by atoms with Crippen LogP contribution in [0.2, 0.25) is 0 Å². The number of guanidine groups is 1. The number of hydrogen-bond acceptors (Lipinski definition) is 4. The van der Waals surface area contributed by atoms with Gasteiger partial charge in [-0.2, -0.15) is 0 Å². The Labute approximate surface area is 180 Å². The van der Waals surface area contributed by atoms with Crippen LogP contribution in [0.5, 0.6) is 0 Å². The molecule has 0 spiro atoms. The molecule has 1 aliphatic heterocycles. The largest absolute Gasteiger partial charge is 0.381 e. The fraction of sp³-hybridized carbons (Fsp3) is 0.650. The van der Waals surface area contributed by atoms with Crippen LogP contribution in [-0.2, 0) is 27.4 Å². The normalized spacial score (nSPS) is 15.9. The second-order valence-electron chi connectivity index (χ2n) is 7.19. The number of rotatable bonds is 8. The summed E-state index contributed by atoms with van der Waals surface area (Å²) in [4.78, 5) is 4.26. The molecule has 27 heavy (non-hydrogen) atoms. The Bertz CT molecular complexity index is 575. The molecule has 6 nitrogen and oxygen atoms in total. The third kappa shape index (κ3) is 9.23. The number of benzene rings is 1. The van der Waals surface area contributed by atoms with Crippen LogP contribution in [0, 0.1) is 0 Å². The fourth-order valence-corrected chi connectivity index (χ4v) is 2.66. The first-order chi connectivity index (χ1) is 12.5. The van der Waals surface area contributed by atoms with Gasteiger partial charge in [-0.05, 0) is 37.8 Å². The van der Waals surface area contributed by atoms with Gasteiger partial charge in [-0.3, -0.25) is 4.99 Å². The van der Waals surface area contributed by atoms with E-state index >= 15 is 0 Å². The Morgan fingerprint density at radius 1 is 1.22 bits per heavy atom. The third-order valence-corrected chi connectivity index (χ3v) is 4.56. The Hall–Kier alpha value is -0.900. The molecule has 0 amide bonds. The lowest BCUT2D eigenvalue weighted by Crippen LogP contribution is -2.45. The maximum atomic E-state index is 6.01. The number of nitrogens with zero attached hydrogens (tertiary/aromatic N) is 1. The van der Waals surface area contributed by atoms with E-state index in [9.17, 15) is 0 Å². The summed E-state index contributed by atoms with van der Waals surface area (Å²) < 4.78 is 16.8. The van der Waals surface area contributed by atoms with Gasteiger partial charge in [0.1, 0.15) is 0 Å². The summed E-state index contributed by atoms with van der Waals surface area (Å²) in [5.41, 5.74) is 2.16. The van der Waals surface area contributed by atoms with E-state index < -0.39 is 0 Å². The van der Waals surface area contributed by atoms with Gasteiger partial charge in [0.25, 0.3) is 0 Å². The Morgan fingerprint density at radius 2 is 1.93 bits per heavy atom. The van der Waals surface area contributed by atoms with E-state index in [1.807, 2.05) is 13.8 Å². The zero-order valence-electron chi connectivity index (χ0n) is 16.9. The average molecular weight is 491 g/mol. The Kier molecular flexibility index (Phi) is 11.2. The number of aliphatic imine (C=N–C) groups is 1. The molecule has 2 N–H and O–H groups in total. The summed E-state index contributed by atoms with van der Waals surface area (Å²) in [6.45, 7) is 7.72. The van der Waals surface area contributed by atoms with Crippen LogP contribution >= 0.6 is 24.0 Å². The van der Waals surface area contributed by atoms with Crippen molar-refractivity contribution in [3.8, 4) is 0 Å². The van der Waals surface area contributed by atoms with Gasteiger partial charge in [-0.15, -0.1) is 24.0 Å². The Morgan fingerprint density at radius 3 is 2.59 bits per heavy atom. The number of nitrogens with one attached hydrogen (secondary N) is 2. The molecule has 0 aliphatic carbocycles. The number of hydrogen-bond donors (Lipinski definition) is 2. The minimum atomic E-state index is -0.237. The van der Waals surface area contributed by atoms with Gasteiger partial charge in [0.2, 0.25) is 0 Å². The second kappa shape index (κ2) is 12.5. The van der Waals surface area contributed by atoms with Gasteiger partial charge in [-0.25, -0.2) is 0 Å². The maximum Gasteiger partial charge on any atom is 0.191 e. The van der Waals surface area contributed by atoms with Crippen molar-refractivity contribution in [2.24, 2.45) is 4.99 Å². The first-order valence-corrected chi connectivity index (χ1v) is 9.29. The molecule has 1 aliphatic rings. The lowest BCUT2D eigenvalue weighted by Gasteiger charge is -2.24. The van der Waals surface area contributed by atoms with Crippen molar-refractivity contribution in [3.63, 3.8) is 0 Å². The van der Waals surface area contributed by atoms with Crippen LogP contribution in [0.1, 0.15) is 37.8 Å². The molecule has 0 aromatic heterocycles. The van der Waals surface area contributed by atoms with Crippen molar-refractivity contribution in [1.29, 1.82) is 0 Å². The van der Waals surface area contributed by atoms with Crippen molar-refractivity contribution in [3.05, 3.63) is 35.4 Å². The predicted octanol–water partition coefficient (Wildman–Crippen LogP) is 3.09. The number of halogens is 1. The molecule has 0 bridgehead atoms. The molecular weight excluding hydrogens is 457 g/mol. The summed E-state index contributed by atoms with van der Waals surface area (Å²) in [7, 11) is 3.49. The van der Waals surface area contributed by atoms with Gasteiger partial charge in [-0.1, -0.05) is 24.3 Å². The highest BCUT2D eigenvalue weighted by molar-refractivity contribution is 14.0. The first-order valence-electron chi connectivity index (χ1n) is 9.29. The van der Waals surface area contributed by atoms with Crippen LogP contribution in [0.4, 0.5) is 0 Å². The lowest BCUT2D eigenvalue weighted by atomic mass is 10.1. The van der Waals surface area contributed by atoms with Crippen LogP contribution in [0.25, 0.3) is 0 Å². The molecule has 1 aromatic carbocycles. The molecule has 1 fully saturated rings. The smallest absolute Gasteiger partial charge is 0.191 e. The summed E-state index contributed by atoms with van der Waals surface area (Å²) in [5, 5.41) is 6.63. The van der Waals surface area contributed by atoms with Crippen molar-refractivity contribution in [1.82, 2.24) is 10.6 Å². The van der Waals surface area contributed by atoms with Crippen molar-refractivity contribution in [2.75, 3.05) is 33.9 Å². The van der Waals surface area contributed by atoms with Crippen molar-refractivity contribution >= 4 is 29.9 Å². The molecule has 0 atom stereocenters. The molecular formula is C20H34IN3O3. The van der Waals surface area contributed by atoms with Gasteiger partial charge in [0, 0.05) is 40.5 Å². The van der Waals surface area contributed by atoms with Crippen molar-refractivity contribution < 1.29 is 14.2 Å².